The Morgan fingerprint density at radius 3 is 1.11 bits per heavy atom. The Balaban J connectivity index is 0.00000133. The molecule has 0 amide bonds. The van der Waals surface area contributed by atoms with Gasteiger partial charge < -0.3 is 96.6 Å². The zero-order valence-corrected chi connectivity index (χ0v) is 65.2. The minimum Gasteiger partial charge on any atom is -0.481 e. The third-order valence-corrected chi connectivity index (χ3v) is 14.8. The fraction of sp³-hybridized carbons (Fsp3) is 0.580. The molecule has 0 unspecified atom stereocenters. The molecule has 0 aliphatic heterocycles. The lowest BCUT2D eigenvalue weighted by Gasteiger charge is -2.28. The molecule has 0 heterocycles. The summed E-state index contributed by atoms with van der Waals surface area (Å²) in [5.41, 5.74) is 18.3. The van der Waals surface area contributed by atoms with Gasteiger partial charge in [-0.1, -0.05) is 36.4 Å². The Bertz CT molecular complexity index is 3140. The maximum Gasteiger partial charge on any atom is 0.373 e. The molecule has 4 aromatic carbocycles. The SMILES string of the molecule is CB(O)N[C@H](CC(=O)OC(C)(C)C)Cc1cc(CO)ccc1N.CB(O)N[C@H](CC(=O)OC(C)(C)C)Cc1cc(CO)ccc1N(CCCl)CCCl.CB(O)N[C@H](CC(=O)OC(C)(C)C)Cc1cc(CO)ccc1[N+](=O)[O-].N[C@H](CC(=O)O)Cc1cc(CO)ccc1N(CCCl)CCCl.O=CCCl. The van der Waals surface area contributed by atoms with E-state index in [0.29, 0.717) is 92.1 Å². The molecule has 578 valence electrons. The van der Waals surface area contributed by atoms with E-state index in [9.17, 15) is 64.8 Å². The van der Waals surface area contributed by atoms with Crippen LogP contribution in [-0.2, 0) is 90.3 Å². The molecule has 4 aromatic rings. The first kappa shape index (κ1) is 97.4. The van der Waals surface area contributed by atoms with Gasteiger partial charge in [-0.25, -0.2) is 0 Å². The van der Waals surface area contributed by atoms with Crippen LogP contribution in [0, 0.1) is 10.1 Å². The van der Waals surface area contributed by atoms with Crippen molar-refractivity contribution in [1.82, 2.24) is 15.7 Å². The molecular formula is C69H110B3Cl5N8O18. The number of carboxylic acid groups (broad SMARTS) is 1. The van der Waals surface area contributed by atoms with E-state index in [2.05, 4.69) is 20.6 Å². The zero-order valence-electron chi connectivity index (χ0n) is 61.4. The van der Waals surface area contributed by atoms with Crippen molar-refractivity contribution in [3.8, 4) is 0 Å². The molecule has 15 N–H and O–H groups in total. The van der Waals surface area contributed by atoms with Gasteiger partial charge in [0.15, 0.2) is 0 Å². The van der Waals surface area contributed by atoms with Crippen LogP contribution in [0.1, 0.15) is 133 Å². The predicted molar refractivity (Wildman–Crippen MR) is 413 cm³/mol. The number of nitro groups is 1. The van der Waals surface area contributed by atoms with Crippen LogP contribution in [0.5, 0.6) is 0 Å². The summed E-state index contributed by atoms with van der Waals surface area (Å²) >= 11 is 28.4. The number of esters is 3. The van der Waals surface area contributed by atoms with Crippen LogP contribution in [0.15, 0.2) is 72.8 Å². The number of aldehydes is 1. The van der Waals surface area contributed by atoms with E-state index in [0.717, 1.165) is 44.8 Å². The fourth-order valence-electron chi connectivity index (χ4n) is 10.3. The number of benzene rings is 4. The number of nitro benzene ring substituents is 1. The van der Waals surface area contributed by atoms with Gasteiger partial charge in [0.05, 0.1) is 62.9 Å². The van der Waals surface area contributed by atoms with Gasteiger partial charge in [-0.3, -0.25) is 29.3 Å². The number of aliphatic hydroxyl groups excluding tert-OH is 4. The summed E-state index contributed by atoms with van der Waals surface area (Å²) in [5.74, 6) is -0.145. The number of alkyl halides is 5. The molecule has 0 spiro atoms. The van der Waals surface area contributed by atoms with Gasteiger partial charge in [0.1, 0.15) is 23.1 Å². The van der Waals surface area contributed by atoms with Crippen LogP contribution in [0.3, 0.4) is 0 Å². The molecule has 4 rings (SSSR count). The van der Waals surface area contributed by atoms with Gasteiger partial charge in [0.2, 0.25) is 0 Å². The van der Waals surface area contributed by atoms with Crippen LogP contribution in [-0.4, -0.2) is 193 Å². The number of rotatable bonds is 38. The van der Waals surface area contributed by atoms with Crippen molar-refractivity contribution < 1.29 is 83.7 Å². The van der Waals surface area contributed by atoms with E-state index in [-0.39, 0.29) is 94.1 Å². The second-order valence-corrected chi connectivity index (χ2v) is 28.8. The molecule has 0 radical (unpaired) electrons. The van der Waals surface area contributed by atoms with Crippen molar-refractivity contribution in [3.63, 3.8) is 0 Å². The summed E-state index contributed by atoms with van der Waals surface area (Å²) in [4.78, 5) is 71.1. The quantitative estimate of drug-likeness (QED) is 0.00300. The monoisotopic (exact) mass is 1550 g/mol. The number of carbonyl (C=O) groups is 5. The molecule has 0 saturated carbocycles. The highest BCUT2D eigenvalue weighted by Crippen LogP contribution is 2.28. The van der Waals surface area contributed by atoms with Crippen molar-refractivity contribution in [3.05, 3.63) is 127 Å². The Morgan fingerprint density at radius 2 is 0.816 bits per heavy atom. The number of halogens is 5. The second-order valence-electron chi connectivity index (χ2n) is 27.0. The Kier molecular flexibility index (Phi) is 48.8. The average molecular weight is 1550 g/mol. The van der Waals surface area contributed by atoms with Gasteiger partial charge in [-0.05, 0) is 178 Å². The second kappa shape index (κ2) is 51.6. The van der Waals surface area contributed by atoms with Crippen molar-refractivity contribution in [2.45, 2.75) is 202 Å². The number of aliphatic carboxylic acids is 1. The van der Waals surface area contributed by atoms with E-state index in [4.69, 9.17) is 93.6 Å². The van der Waals surface area contributed by atoms with Crippen molar-refractivity contribution in [1.29, 1.82) is 0 Å². The van der Waals surface area contributed by atoms with E-state index in [1.54, 1.807) is 52.6 Å². The summed E-state index contributed by atoms with van der Waals surface area (Å²) < 4.78 is 16.0. The van der Waals surface area contributed by atoms with E-state index >= 15 is 0 Å². The fourth-order valence-corrected chi connectivity index (χ4v) is 11.1. The summed E-state index contributed by atoms with van der Waals surface area (Å²) in [6, 6.07) is 19.2. The molecular weight excluding hydrogens is 1440 g/mol. The number of hydrogen-bond acceptors (Lipinski definition) is 24. The molecule has 0 fully saturated rings. The van der Waals surface area contributed by atoms with Gasteiger partial charge in [-0.15, -0.1) is 58.0 Å². The van der Waals surface area contributed by atoms with E-state index in [1.807, 2.05) is 82.8 Å². The molecule has 0 aliphatic rings. The van der Waals surface area contributed by atoms with Gasteiger partial charge >= 0.3 is 45.0 Å². The predicted octanol–water partition coefficient (Wildman–Crippen LogP) is 7.57. The number of carbonyl (C=O) groups excluding carboxylic acids is 4. The summed E-state index contributed by atoms with van der Waals surface area (Å²) in [5, 5.41) is 95.2. The molecule has 26 nitrogen and oxygen atoms in total. The Hall–Kier alpha value is -5.57. The van der Waals surface area contributed by atoms with Crippen LogP contribution in [0.2, 0.25) is 20.5 Å². The first-order valence-electron chi connectivity index (χ1n) is 33.6. The maximum atomic E-state index is 12.4. The number of nitrogens with two attached hydrogens (primary N) is 2. The normalized spacial score (nSPS) is 12.3. The number of carboxylic acids is 1. The topological polar surface area (TPSA) is 413 Å². The molecule has 0 saturated heterocycles. The number of aliphatic hydroxyl groups is 4. The van der Waals surface area contributed by atoms with Crippen molar-refractivity contribution >= 4 is 132 Å². The zero-order chi connectivity index (χ0) is 78.8. The number of nitrogen functional groups attached to an aromatic ring is 1. The molecule has 103 heavy (non-hydrogen) atoms. The van der Waals surface area contributed by atoms with Gasteiger partial charge in [-0.2, -0.15) is 0 Å². The number of nitrogens with one attached hydrogen (secondary N) is 3. The lowest BCUT2D eigenvalue weighted by Crippen LogP contribution is -2.43. The molecule has 0 bridgehead atoms. The Morgan fingerprint density at radius 1 is 0.524 bits per heavy atom. The minimum atomic E-state index is -0.925. The number of hydrogen-bond donors (Lipinski definition) is 13. The molecule has 0 aromatic heterocycles. The van der Waals surface area contributed by atoms with Crippen LogP contribution in [0.4, 0.5) is 22.7 Å². The third kappa shape index (κ3) is 44.9. The summed E-state index contributed by atoms with van der Waals surface area (Å²) in [6.45, 7) is 22.9. The van der Waals surface area contributed by atoms with E-state index < -0.39 is 66.9 Å². The van der Waals surface area contributed by atoms with Crippen LogP contribution in [0.25, 0.3) is 0 Å². The van der Waals surface area contributed by atoms with Crippen LogP contribution < -0.4 is 37.0 Å². The first-order chi connectivity index (χ1) is 48.1. The lowest BCUT2D eigenvalue weighted by atomic mass is 9.85. The highest BCUT2D eigenvalue weighted by molar-refractivity contribution is 6.46. The highest BCUT2D eigenvalue weighted by Gasteiger charge is 2.28. The average Bonchev–Trinajstić information content (AvgIpc) is 0.843. The van der Waals surface area contributed by atoms with Crippen molar-refractivity contribution in [2.24, 2.45) is 5.73 Å². The number of anilines is 3. The lowest BCUT2D eigenvalue weighted by molar-refractivity contribution is -0.385. The number of nitrogens with zero attached hydrogens (tertiary/aromatic N) is 3. The standard InChI is InChI=1S/C20H33BCl2N2O4.C16H25BN2O6.C16H27BN2O4.C15H22Cl2N2O3.C2H3ClO/c1-20(2,3)29-19(27)13-17(24-21(4)28)12-16-11-15(14-26)5-6-18(16)25(9-7-22)10-8-23;1-16(2,3)25-15(21)9-13(18-17(4)22)8-12-7-11(10-20)5-6-14(12)19(23)24;1-16(2,3)23-15(21)9-13(19-17(4)22)8-12-7-11(10-20)5-6-14(12)18;16-3-5-19(6-4-17)14-2-1-11(10-20)7-12(14)8-13(18)9-15(21)22;3-1-2-4/h5-6,11,17,24,26,28H,7-10,12-14H2,1-4H3;5-7,13,18,20,22H,8-10H2,1-4H3;5-7,13,19-20,22H,8-10,18H2,1-4H3;1-2,7,13,20H,3-6,8-10,18H2,(H,21,22);2H,1H2/t17-;3*13-;/m0000./s1. The summed E-state index contributed by atoms with van der Waals surface area (Å²) in [7, 11) is -2.44. The van der Waals surface area contributed by atoms with Gasteiger partial charge in [0.25, 0.3) is 5.69 Å². The Labute approximate surface area is 633 Å². The van der Waals surface area contributed by atoms with Gasteiger partial charge in [0, 0.05) is 103 Å². The summed E-state index contributed by atoms with van der Waals surface area (Å²) in [6.07, 6.45) is 2.17. The van der Waals surface area contributed by atoms with E-state index in [1.165, 1.54) is 25.0 Å². The maximum absolute atomic E-state index is 12.4. The van der Waals surface area contributed by atoms with Crippen LogP contribution >= 0.6 is 58.0 Å². The molecule has 34 heteroatoms. The smallest absolute Gasteiger partial charge is 0.373 e. The molecule has 4 atom stereocenters. The molecule has 0 aliphatic carbocycles. The first-order valence-corrected chi connectivity index (χ1v) is 36.3. The highest BCUT2D eigenvalue weighted by atomic mass is 35.5. The number of ether oxygens (including phenoxy) is 3. The third-order valence-electron chi connectivity index (χ3n) is 14.0. The van der Waals surface area contributed by atoms with Crippen molar-refractivity contribution in [2.75, 3.05) is 71.1 Å². The largest absolute Gasteiger partial charge is 0.481 e. The minimum absolute atomic E-state index is 0.0529.